The first-order valence-corrected chi connectivity index (χ1v) is 10.0. The largest absolute Gasteiger partial charge is 0.491 e. The van der Waals surface area contributed by atoms with Crippen LogP contribution in [-0.2, 0) is 19.1 Å². The molecule has 0 saturated heterocycles. The number of ether oxygens (including phenoxy) is 3. The van der Waals surface area contributed by atoms with Crippen molar-refractivity contribution in [2.24, 2.45) is 5.92 Å². The molecule has 0 bridgehead atoms. The number of Topliss-reactive ketones (excluding diaryl/α,β-unsaturated/α-hetero) is 1. The number of methoxy groups -OCH3 is 1. The minimum absolute atomic E-state index is 0.0215. The third kappa shape index (κ3) is 7.85. The van der Waals surface area contributed by atoms with Crippen molar-refractivity contribution in [1.82, 2.24) is 0 Å². The van der Waals surface area contributed by atoms with Crippen LogP contribution < -0.4 is 4.74 Å². The Hall–Kier alpha value is -2.29. The van der Waals surface area contributed by atoms with Gasteiger partial charge in [-0.2, -0.15) is 0 Å². The van der Waals surface area contributed by atoms with Crippen molar-refractivity contribution in [3.63, 3.8) is 0 Å². The second kappa shape index (κ2) is 12.4. The summed E-state index contributed by atoms with van der Waals surface area (Å²) < 4.78 is 28.5. The van der Waals surface area contributed by atoms with Crippen molar-refractivity contribution in [2.45, 2.75) is 50.4 Å². The number of unbranched alkanes of at least 4 members (excludes halogenated alkanes) is 1. The molecule has 0 heterocycles. The molecule has 1 aliphatic carbocycles. The molecule has 30 heavy (non-hydrogen) atoms. The first kappa shape index (κ1) is 24.0. The number of aliphatic hydroxyl groups excluding tert-OH is 2. The third-order valence-corrected chi connectivity index (χ3v) is 4.87. The number of halogens is 1. The van der Waals surface area contributed by atoms with Crippen molar-refractivity contribution >= 4 is 11.8 Å². The molecule has 0 radical (unpaired) electrons. The Morgan fingerprint density at radius 3 is 2.70 bits per heavy atom. The highest BCUT2D eigenvalue weighted by Gasteiger charge is 2.41. The van der Waals surface area contributed by atoms with Gasteiger partial charge in [-0.3, -0.25) is 9.59 Å². The maximum absolute atomic E-state index is 12.9. The summed E-state index contributed by atoms with van der Waals surface area (Å²) in [7, 11) is 1.35. The summed E-state index contributed by atoms with van der Waals surface area (Å²) >= 11 is 0. The fraction of sp³-hybridized carbons (Fsp3) is 0.545. The summed E-state index contributed by atoms with van der Waals surface area (Å²) in [5.41, 5.74) is 0. The van der Waals surface area contributed by atoms with Crippen LogP contribution in [0.25, 0.3) is 0 Å². The van der Waals surface area contributed by atoms with Crippen molar-refractivity contribution in [3.05, 3.63) is 42.2 Å². The molecule has 0 spiro atoms. The Morgan fingerprint density at radius 2 is 2.00 bits per heavy atom. The van der Waals surface area contributed by atoms with E-state index in [4.69, 9.17) is 9.47 Å². The minimum Gasteiger partial charge on any atom is -0.491 e. The van der Waals surface area contributed by atoms with Crippen LogP contribution in [0.3, 0.4) is 0 Å². The fourth-order valence-corrected chi connectivity index (χ4v) is 3.24. The summed E-state index contributed by atoms with van der Waals surface area (Å²) in [6.45, 7) is -0.164. The van der Waals surface area contributed by atoms with Gasteiger partial charge >= 0.3 is 5.97 Å². The normalized spacial score (nSPS) is 22.4. The first-order chi connectivity index (χ1) is 14.4. The highest BCUT2D eigenvalue weighted by molar-refractivity contribution is 5.85. The molecule has 0 aromatic heterocycles. The number of esters is 1. The van der Waals surface area contributed by atoms with Gasteiger partial charge in [-0.15, -0.1) is 0 Å². The first-order valence-electron chi connectivity index (χ1n) is 10.0. The lowest BCUT2D eigenvalue weighted by molar-refractivity contribution is -0.140. The van der Waals surface area contributed by atoms with Gasteiger partial charge in [0, 0.05) is 18.8 Å². The van der Waals surface area contributed by atoms with E-state index in [-0.39, 0.29) is 37.2 Å². The smallest absolute Gasteiger partial charge is 0.305 e. The van der Waals surface area contributed by atoms with Crippen LogP contribution >= 0.6 is 0 Å². The molecule has 4 atom stereocenters. The third-order valence-electron chi connectivity index (χ3n) is 4.87. The van der Waals surface area contributed by atoms with Crippen LogP contribution in [0.5, 0.6) is 5.75 Å². The van der Waals surface area contributed by atoms with Gasteiger partial charge in [-0.05, 0) is 43.5 Å². The van der Waals surface area contributed by atoms with Crippen molar-refractivity contribution in [1.29, 1.82) is 0 Å². The topological polar surface area (TPSA) is 102 Å². The highest BCUT2D eigenvalue weighted by Crippen LogP contribution is 2.29. The Kier molecular flexibility index (Phi) is 9.93. The second-order valence-electron chi connectivity index (χ2n) is 7.24. The van der Waals surface area contributed by atoms with Crippen molar-refractivity contribution in [3.8, 4) is 5.75 Å². The number of ketones is 1. The Bertz CT molecular complexity index is 704. The van der Waals surface area contributed by atoms with Crippen LogP contribution in [0.4, 0.5) is 4.39 Å². The van der Waals surface area contributed by atoms with Crippen LogP contribution in [0.2, 0.25) is 0 Å². The maximum atomic E-state index is 12.9. The quantitative estimate of drug-likeness (QED) is 0.301. The van der Waals surface area contributed by atoms with E-state index in [0.29, 0.717) is 31.4 Å². The van der Waals surface area contributed by atoms with E-state index in [0.717, 1.165) is 0 Å². The molecule has 0 unspecified atom stereocenters. The van der Waals surface area contributed by atoms with Crippen LogP contribution in [0.1, 0.15) is 32.1 Å². The Balaban J connectivity index is 1.74. The number of rotatable bonds is 12. The van der Waals surface area contributed by atoms with E-state index in [1.54, 1.807) is 0 Å². The van der Waals surface area contributed by atoms with Gasteiger partial charge < -0.3 is 24.4 Å². The zero-order valence-electron chi connectivity index (χ0n) is 17.0. The minimum atomic E-state index is -0.965. The fourth-order valence-electron chi connectivity index (χ4n) is 3.24. The highest BCUT2D eigenvalue weighted by atomic mass is 19.1. The second-order valence-corrected chi connectivity index (χ2v) is 7.24. The summed E-state index contributed by atoms with van der Waals surface area (Å²) in [5, 5.41) is 20.2. The SMILES string of the molecule is COC(=O)CCC/C=C\C[C@H]1C(=O)C[C@@H](O)[C@@H]1OC[C@@H](O)COc1ccc(F)cc1. The molecule has 8 heteroatoms. The van der Waals surface area contributed by atoms with E-state index in [1.807, 2.05) is 12.2 Å². The molecule has 2 rings (SSSR count). The van der Waals surface area contributed by atoms with Gasteiger partial charge in [0.1, 0.15) is 30.1 Å². The molecular weight excluding hydrogens is 395 g/mol. The number of hydrogen-bond donors (Lipinski definition) is 2. The number of carbonyl (C=O) groups excluding carboxylic acids is 2. The van der Waals surface area contributed by atoms with E-state index in [1.165, 1.54) is 31.4 Å². The van der Waals surface area contributed by atoms with E-state index in [9.17, 15) is 24.2 Å². The van der Waals surface area contributed by atoms with Crippen LogP contribution in [-0.4, -0.2) is 60.6 Å². The summed E-state index contributed by atoms with van der Waals surface area (Å²) in [6.07, 6.45) is 3.28. The predicted octanol–water partition coefficient (Wildman–Crippen LogP) is 2.19. The molecule has 7 nitrogen and oxygen atoms in total. The van der Waals surface area contributed by atoms with Gasteiger partial charge in [0.05, 0.1) is 25.9 Å². The average molecular weight is 424 g/mol. The molecule has 2 N–H and O–H groups in total. The predicted molar refractivity (Wildman–Crippen MR) is 106 cm³/mol. The Morgan fingerprint density at radius 1 is 1.27 bits per heavy atom. The standard InChI is InChI=1S/C22H29FO7/c1-28-21(27)7-5-3-2-4-6-18-19(25)12-20(26)22(18)30-14-16(24)13-29-17-10-8-15(23)9-11-17/h2,4,8-11,16,18,20,22,24,26H,3,5-7,12-14H2,1H3/b4-2-/t16-,18-,20+,22+/m0/s1. The van der Waals surface area contributed by atoms with E-state index in [2.05, 4.69) is 4.74 Å². The number of hydrogen-bond acceptors (Lipinski definition) is 7. The summed E-state index contributed by atoms with van der Waals surface area (Å²) in [4.78, 5) is 23.2. The van der Waals surface area contributed by atoms with Crippen molar-refractivity contribution < 1.29 is 38.4 Å². The van der Waals surface area contributed by atoms with Gasteiger partial charge in [0.25, 0.3) is 0 Å². The molecule has 1 aliphatic rings. The zero-order chi connectivity index (χ0) is 21.9. The van der Waals surface area contributed by atoms with Crippen LogP contribution in [0.15, 0.2) is 36.4 Å². The molecule has 0 amide bonds. The lowest BCUT2D eigenvalue weighted by Gasteiger charge is -2.22. The van der Waals surface area contributed by atoms with Gasteiger partial charge in [-0.1, -0.05) is 12.2 Å². The van der Waals surface area contributed by atoms with E-state index >= 15 is 0 Å². The maximum Gasteiger partial charge on any atom is 0.305 e. The molecule has 166 valence electrons. The molecule has 0 aliphatic heterocycles. The number of allylic oxidation sites excluding steroid dienone is 2. The van der Waals surface area contributed by atoms with Crippen LogP contribution in [0, 0.1) is 11.7 Å². The Labute approximate surface area is 175 Å². The van der Waals surface area contributed by atoms with Gasteiger partial charge in [0.15, 0.2) is 0 Å². The van der Waals surface area contributed by atoms with E-state index < -0.39 is 24.2 Å². The summed E-state index contributed by atoms with van der Waals surface area (Å²) in [5.74, 6) is -0.782. The molecular formula is C22H29FO7. The monoisotopic (exact) mass is 424 g/mol. The molecule has 1 saturated carbocycles. The average Bonchev–Trinajstić information content (AvgIpc) is 3.00. The summed E-state index contributed by atoms with van der Waals surface area (Å²) in [6, 6.07) is 5.42. The molecule has 1 aromatic rings. The number of carbonyl (C=O) groups is 2. The molecule has 1 aromatic carbocycles. The lowest BCUT2D eigenvalue weighted by atomic mass is 9.99. The van der Waals surface area contributed by atoms with Gasteiger partial charge in [-0.25, -0.2) is 4.39 Å². The number of benzene rings is 1. The lowest BCUT2D eigenvalue weighted by Crippen LogP contribution is -2.34. The zero-order valence-corrected chi connectivity index (χ0v) is 17.0. The number of aliphatic hydroxyl groups is 2. The van der Waals surface area contributed by atoms with Crippen molar-refractivity contribution in [2.75, 3.05) is 20.3 Å². The van der Waals surface area contributed by atoms with Gasteiger partial charge in [0.2, 0.25) is 0 Å². The molecule has 1 fully saturated rings.